The molecule has 3 aromatic rings. The Balaban J connectivity index is 1.32. The molecule has 0 bridgehead atoms. The van der Waals surface area contributed by atoms with Crippen LogP contribution in [0.5, 0.6) is 0 Å². The minimum atomic E-state index is -0.195. The fourth-order valence-corrected chi connectivity index (χ4v) is 4.71. The molecule has 2 N–H and O–H groups in total. The second kappa shape index (κ2) is 8.92. The van der Waals surface area contributed by atoms with Gasteiger partial charge in [-0.1, -0.05) is 6.92 Å². The van der Waals surface area contributed by atoms with E-state index in [0.717, 1.165) is 59.7 Å². The molecule has 9 heteroatoms. The van der Waals surface area contributed by atoms with Gasteiger partial charge in [0.15, 0.2) is 0 Å². The fourth-order valence-electron chi connectivity index (χ4n) is 4.71. The van der Waals surface area contributed by atoms with Crippen molar-refractivity contribution in [2.24, 2.45) is 0 Å². The van der Waals surface area contributed by atoms with E-state index in [0.29, 0.717) is 25.3 Å². The van der Waals surface area contributed by atoms with E-state index in [1.807, 2.05) is 31.3 Å². The van der Waals surface area contributed by atoms with Crippen molar-refractivity contribution < 1.29 is 9.53 Å². The number of piperazine rings is 1. The summed E-state index contributed by atoms with van der Waals surface area (Å²) in [6.45, 7) is 6.30. The predicted octanol–water partition coefficient (Wildman–Crippen LogP) is 1.46. The first-order valence-corrected chi connectivity index (χ1v) is 11.3. The van der Waals surface area contributed by atoms with Crippen LogP contribution in [0.25, 0.3) is 11.0 Å². The number of rotatable bonds is 4. The number of aryl methyl sites for hydroxylation is 1. The normalized spacial score (nSPS) is 18.5. The van der Waals surface area contributed by atoms with Crippen molar-refractivity contribution in [2.45, 2.75) is 32.5 Å². The molecule has 9 nitrogen and oxygen atoms in total. The fraction of sp³-hybridized carbons (Fsp3) is 0.417. The number of aromatic nitrogens is 3. The summed E-state index contributed by atoms with van der Waals surface area (Å²) in [4.78, 5) is 41.0. The Bertz CT molecular complexity index is 1260. The van der Waals surface area contributed by atoms with Gasteiger partial charge in [0.1, 0.15) is 5.69 Å². The quantitative estimate of drug-likeness (QED) is 0.623. The van der Waals surface area contributed by atoms with E-state index in [1.165, 1.54) is 0 Å². The lowest BCUT2D eigenvalue weighted by atomic mass is 10.1. The van der Waals surface area contributed by atoms with Crippen molar-refractivity contribution in [3.8, 4) is 0 Å². The highest BCUT2D eigenvalue weighted by molar-refractivity contribution is 5.92. The highest BCUT2D eigenvalue weighted by Gasteiger charge is 2.31. The van der Waals surface area contributed by atoms with E-state index < -0.39 is 0 Å². The van der Waals surface area contributed by atoms with Gasteiger partial charge in [-0.3, -0.25) is 19.5 Å². The lowest BCUT2D eigenvalue weighted by molar-refractivity contribution is 0.0876. The Morgan fingerprint density at radius 1 is 1.30 bits per heavy atom. The first kappa shape index (κ1) is 21.5. The summed E-state index contributed by atoms with van der Waals surface area (Å²) in [6.07, 6.45) is 2.59. The number of hydrogen-bond acceptors (Lipinski definition) is 7. The maximum Gasteiger partial charge on any atom is 0.269 e. The Morgan fingerprint density at radius 2 is 2.18 bits per heavy atom. The molecule has 0 aromatic carbocycles. The van der Waals surface area contributed by atoms with Crippen molar-refractivity contribution >= 4 is 22.6 Å². The molecule has 1 saturated heterocycles. The van der Waals surface area contributed by atoms with Gasteiger partial charge in [0.25, 0.3) is 11.5 Å². The molecule has 1 unspecified atom stereocenters. The van der Waals surface area contributed by atoms with Gasteiger partial charge in [0.05, 0.1) is 41.7 Å². The minimum absolute atomic E-state index is 0.0416. The van der Waals surface area contributed by atoms with Crippen molar-refractivity contribution in [3.05, 3.63) is 63.3 Å². The summed E-state index contributed by atoms with van der Waals surface area (Å²) in [5, 5.41) is 2.62. The van der Waals surface area contributed by atoms with Crippen LogP contribution in [0.1, 0.15) is 34.2 Å². The minimum Gasteiger partial charge on any atom is -0.373 e. The standard InChI is InChI=1S/C24H28N6O3/c1-3-16-9-19-20(28-23(16)31)8-15(10-26-19)11-29-6-7-30-17(12-29)13-33-14-21-22(30)5-4-18(27-21)24(32)25-2/h4-5,8-10,17H,3,6-7,11-14H2,1-2H3,(H,25,32)(H,28,31). The monoisotopic (exact) mass is 448 g/mol. The lowest BCUT2D eigenvalue weighted by Crippen LogP contribution is -2.54. The molecule has 172 valence electrons. The third-order valence-corrected chi connectivity index (χ3v) is 6.45. The van der Waals surface area contributed by atoms with E-state index in [-0.39, 0.29) is 17.5 Å². The molecule has 1 fully saturated rings. The molecule has 0 saturated carbocycles. The van der Waals surface area contributed by atoms with Gasteiger partial charge in [-0.05, 0) is 36.2 Å². The SMILES string of the molecule is CCc1cc2ncc(CN3CCN4c5ccc(C(=O)NC)nc5COCC4C3)cc2[nH]c1=O. The molecule has 1 atom stereocenters. The Morgan fingerprint density at radius 3 is 3.00 bits per heavy atom. The summed E-state index contributed by atoms with van der Waals surface area (Å²) in [7, 11) is 1.60. The highest BCUT2D eigenvalue weighted by Crippen LogP contribution is 2.28. The lowest BCUT2D eigenvalue weighted by Gasteiger charge is -2.41. The van der Waals surface area contributed by atoms with Gasteiger partial charge in [-0.2, -0.15) is 0 Å². The number of aromatic amines is 1. The van der Waals surface area contributed by atoms with Crippen molar-refractivity contribution in [3.63, 3.8) is 0 Å². The van der Waals surface area contributed by atoms with Crippen molar-refractivity contribution in [1.82, 2.24) is 25.2 Å². The van der Waals surface area contributed by atoms with Gasteiger partial charge in [0, 0.05) is 45.0 Å². The second-order valence-corrected chi connectivity index (χ2v) is 8.59. The van der Waals surface area contributed by atoms with Crippen LogP contribution in [0, 0.1) is 0 Å². The third kappa shape index (κ3) is 4.21. The summed E-state index contributed by atoms with van der Waals surface area (Å²) in [5.41, 5.74) is 5.63. The van der Waals surface area contributed by atoms with Crippen LogP contribution in [0.15, 0.2) is 35.3 Å². The maximum absolute atomic E-state index is 12.2. The average Bonchev–Trinajstić information content (AvgIpc) is 3.01. The van der Waals surface area contributed by atoms with Crippen LogP contribution in [-0.2, 0) is 24.3 Å². The summed E-state index contributed by atoms with van der Waals surface area (Å²) in [5.74, 6) is -0.195. The number of pyridine rings is 3. The maximum atomic E-state index is 12.2. The topological polar surface area (TPSA) is 103 Å². The van der Waals surface area contributed by atoms with Gasteiger partial charge in [-0.25, -0.2) is 4.98 Å². The Hall–Kier alpha value is -3.30. The summed E-state index contributed by atoms with van der Waals surface area (Å²) in [6, 6.07) is 7.86. The third-order valence-electron chi connectivity index (χ3n) is 6.45. The molecule has 2 aliphatic heterocycles. The zero-order valence-corrected chi connectivity index (χ0v) is 18.9. The Labute approximate surface area is 191 Å². The molecule has 0 aliphatic carbocycles. The van der Waals surface area contributed by atoms with Crippen LogP contribution in [-0.4, -0.2) is 65.1 Å². The van der Waals surface area contributed by atoms with E-state index in [2.05, 4.69) is 30.1 Å². The number of fused-ring (bicyclic) bond motifs is 4. The van der Waals surface area contributed by atoms with E-state index in [4.69, 9.17) is 4.74 Å². The highest BCUT2D eigenvalue weighted by atomic mass is 16.5. The van der Waals surface area contributed by atoms with Crippen LogP contribution in [0.2, 0.25) is 0 Å². The van der Waals surface area contributed by atoms with Crippen molar-refractivity contribution in [1.29, 1.82) is 0 Å². The van der Waals surface area contributed by atoms with Crippen molar-refractivity contribution in [2.75, 3.05) is 38.2 Å². The zero-order chi connectivity index (χ0) is 22.9. The van der Waals surface area contributed by atoms with E-state index in [1.54, 1.807) is 13.1 Å². The number of ether oxygens (including phenoxy) is 1. The van der Waals surface area contributed by atoms with Gasteiger partial charge < -0.3 is 19.9 Å². The molecule has 3 aromatic heterocycles. The van der Waals surface area contributed by atoms with Crippen LogP contribution in [0.3, 0.4) is 0 Å². The summed E-state index contributed by atoms with van der Waals surface area (Å²) >= 11 is 0. The number of nitrogens with zero attached hydrogens (tertiary/aromatic N) is 4. The molecule has 0 radical (unpaired) electrons. The molecule has 0 spiro atoms. The van der Waals surface area contributed by atoms with Crippen LogP contribution in [0.4, 0.5) is 5.69 Å². The molecule has 5 rings (SSSR count). The number of nitrogens with one attached hydrogen (secondary N) is 2. The number of anilines is 1. The average molecular weight is 449 g/mol. The van der Waals surface area contributed by atoms with Crippen LogP contribution < -0.4 is 15.8 Å². The molecular weight excluding hydrogens is 420 g/mol. The predicted molar refractivity (Wildman–Crippen MR) is 125 cm³/mol. The van der Waals surface area contributed by atoms with Gasteiger partial charge >= 0.3 is 0 Å². The van der Waals surface area contributed by atoms with E-state index in [9.17, 15) is 9.59 Å². The first-order valence-electron chi connectivity index (χ1n) is 11.3. The van der Waals surface area contributed by atoms with Crippen LogP contribution >= 0.6 is 0 Å². The number of carbonyl (C=O) groups is 1. The number of amides is 1. The molecule has 2 aliphatic rings. The van der Waals surface area contributed by atoms with Gasteiger partial charge in [-0.15, -0.1) is 0 Å². The molecular formula is C24H28N6O3. The zero-order valence-electron chi connectivity index (χ0n) is 18.9. The van der Waals surface area contributed by atoms with E-state index >= 15 is 0 Å². The largest absolute Gasteiger partial charge is 0.373 e. The second-order valence-electron chi connectivity index (χ2n) is 8.59. The number of carbonyl (C=O) groups excluding carboxylic acids is 1. The number of hydrogen-bond donors (Lipinski definition) is 2. The smallest absolute Gasteiger partial charge is 0.269 e. The molecule has 1 amide bonds. The first-order chi connectivity index (χ1) is 16.1. The Kier molecular flexibility index (Phi) is 5.82. The number of H-pyrrole nitrogens is 1. The molecule has 5 heterocycles. The van der Waals surface area contributed by atoms with Gasteiger partial charge in [0.2, 0.25) is 0 Å². The summed E-state index contributed by atoms with van der Waals surface area (Å²) < 4.78 is 5.94. The molecule has 33 heavy (non-hydrogen) atoms.